The Bertz CT molecular complexity index is 622. The highest BCUT2D eigenvalue weighted by molar-refractivity contribution is 9.10. The maximum absolute atomic E-state index is 12.3. The van der Waals surface area contributed by atoms with E-state index in [0.29, 0.717) is 26.1 Å². The summed E-state index contributed by atoms with van der Waals surface area (Å²) in [5, 5.41) is 12.5. The van der Waals surface area contributed by atoms with Crippen molar-refractivity contribution in [2.45, 2.75) is 25.7 Å². The van der Waals surface area contributed by atoms with Crippen LogP contribution in [0.25, 0.3) is 0 Å². The third kappa shape index (κ3) is 3.22. The second-order valence-electron chi connectivity index (χ2n) is 6.54. The lowest BCUT2D eigenvalue weighted by molar-refractivity contribution is -0.149. The van der Waals surface area contributed by atoms with Crippen molar-refractivity contribution in [2.75, 3.05) is 19.6 Å². The molecule has 1 aliphatic heterocycles. The average Bonchev–Trinajstić information content (AvgIpc) is 3.05. The number of amides is 2. The molecule has 0 unspecified atom stereocenters. The summed E-state index contributed by atoms with van der Waals surface area (Å²) in [5.41, 5.74) is 0.446. The van der Waals surface area contributed by atoms with Crippen LogP contribution >= 0.6 is 15.9 Å². The molecule has 1 saturated carbocycles. The van der Waals surface area contributed by atoms with Crippen molar-refractivity contribution in [2.24, 2.45) is 11.3 Å². The van der Waals surface area contributed by atoms with Crippen molar-refractivity contribution in [3.8, 4) is 0 Å². The molecule has 2 aliphatic rings. The van der Waals surface area contributed by atoms with E-state index in [4.69, 9.17) is 0 Å². The molecule has 0 aromatic heterocycles. The third-order valence-electron chi connectivity index (χ3n) is 5.16. The van der Waals surface area contributed by atoms with Gasteiger partial charge in [-0.15, -0.1) is 0 Å². The van der Waals surface area contributed by atoms with E-state index in [9.17, 15) is 14.7 Å². The zero-order valence-electron chi connectivity index (χ0n) is 12.9. The van der Waals surface area contributed by atoms with Gasteiger partial charge >= 0.3 is 12.0 Å². The fraction of sp³-hybridized carbons (Fsp3) is 0.529. The molecule has 1 aromatic rings. The number of carboxylic acids is 1. The van der Waals surface area contributed by atoms with Crippen molar-refractivity contribution < 1.29 is 14.7 Å². The quantitative estimate of drug-likeness (QED) is 0.843. The number of carboxylic acid groups (broad SMARTS) is 1. The maximum Gasteiger partial charge on any atom is 0.317 e. The van der Waals surface area contributed by atoms with E-state index < -0.39 is 11.4 Å². The Morgan fingerprint density at radius 3 is 2.96 bits per heavy atom. The SMILES string of the molecule is O=C(NCCc1cccc(Br)c1)N1C[C@@H]2CCC[C@@]2(C(=O)O)C1. The highest BCUT2D eigenvalue weighted by Gasteiger charge is 2.55. The van der Waals surface area contributed by atoms with E-state index in [1.54, 1.807) is 4.90 Å². The number of likely N-dealkylation sites (tertiary alicyclic amines) is 1. The molecule has 5 nitrogen and oxygen atoms in total. The van der Waals surface area contributed by atoms with E-state index in [0.717, 1.165) is 29.3 Å². The van der Waals surface area contributed by atoms with Gasteiger partial charge in [0.25, 0.3) is 0 Å². The molecule has 3 rings (SSSR count). The van der Waals surface area contributed by atoms with E-state index in [-0.39, 0.29) is 11.9 Å². The van der Waals surface area contributed by atoms with Gasteiger partial charge in [-0.25, -0.2) is 4.79 Å². The Morgan fingerprint density at radius 1 is 1.43 bits per heavy atom. The lowest BCUT2D eigenvalue weighted by Gasteiger charge is -2.23. The summed E-state index contributed by atoms with van der Waals surface area (Å²) in [4.78, 5) is 25.6. The number of urea groups is 1. The first-order chi connectivity index (χ1) is 11.0. The molecule has 1 aliphatic carbocycles. The van der Waals surface area contributed by atoms with Crippen LogP contribution in [-0.4, -0.2) is 41.6 Å². The minimum absolute atomic E-state index is 0.107. The van der Waals surface area contributed by atoms with Crippen LogP contribution in [0.2, 0.25) is 0 Å². The number of aliphatic carboxylic acids is 1. The van der Waals surface area contributed by atoms with E-state index in [1.165, 1.54) is 0 Å². The number of nitrogens with one attached hydrogen (secondary N) is 1. The molecule has 2 fully saturated rings. The summed E-state index contributed by atoms with van der Waals surface area (Å²) in [6, 6.07) is 7.85. The fourth-order valence-electron chi connectivity index (χ4n) is 3.91. The number of hydrogen-bond acceptors (Lipinski definition) is 2. The number of halogens is 1. The molecule has 124 valence electrons. The Morgan fingerprint density at radius 2 is 2.26 bits per heavy atom. The number of benzene rings is 1. The molecule has 1 aromatic carbocycles. The van der Waals surface area contributed by atoms with Crippen LogP contribution in [0.15, 0.2) is 28.7 Å². The highest BCUT2D eigenvalue weighted by Crippen LogP contribution is 2.48. The van der Waals surface area contributed by atoms with Gasteiger partial charge in [-0.2, -0.15) is 0 Å². The standard InChI is InChI=1S/C17H21BrN2O3/c18-14-5-1-3-12(9-14)6-8-19-16(23)20-10-13-4-2-7-17(13,11-20)15(21)22/h1,3,5,9,13H,2,4,6-8,10-11H2,(H,19,23)(H,21,22)/t13-,17+/m0/s1. The second-order valence-corrected chi connectivity index (χ2v) is 7.46. The molecule has 0 spiro atoms. The zero-order chi connectivity index (χ0) is 16.4. The molecule has 0 radical (unpaired) electrons. The summed E-state index contributed by atoms with van der Waals surface area (Å²) in [6.45, 7) is 1.46. The zero-order valence-corrected chi connectivity index (χ0v) is 14.5. The van der Waals surface area contributed by atoms with Gasteiger partial charge in [-0.3, -0.25) is 4.79 Å². The largest absolute Gasteiger partial charge is 0.481 e. The normalized spacial score (nSPS) is 26.1. The van der Waals surface area contributed by atoms with Gasteiger partial charge in [-0.05, 0) is 42.9 Å². The van der Waals surface area contributed by atoms with Crippen molar-refractivity contribution in [3.05, 3.63) is 34.3 Å². The summed E-state index contributed by atoms with van der Waals surface area (Å²) >= 11 is 3.43. The van der Waals surface area contributed by atoms with E-state index in [2.05, 4.69) is 21.2 Å². The van der Waals surface area contributed by atoms with Crippen molar-refractivity contribution in [1.82, 2.24) is 10.2 Å². The lowest BCUT2D eigenvalue weighted by atomic mass is 9.81. The van der Waals surface area contributed by atoms with Crippen LogP contribution < -0.4 is 5.32 Å². The maximum atomic E-state index is 12.3. The fourth-order valence-corrected chi connectivity index (χ4v) is 4.36. The topological polar surface area (TPSA) is 69.6 Å². The van der Waals surface area contributed by atoms with Gasteiger partial charge in [-0.1, -0.05) is 34.5 Å². The first kappa shape index (κ1) is 16.3. The van der Waals surface area contributed by atoms with Crippen LogP contribution in [-0.2, 0) is 11.2 Å². The van der Waals surface area contributed by atoms with Crippen LogP contribution in [0.1, 0.15) is 24.8 Å². The number of carbonyl (C=O) groups is 2. The summed E-state index contributed by atoms with van der Waals surface area (Å²) in [7, 11) is 0. The molecule has 1 heterocycles. The molecule has 2 N–H and O–H groups in total. The van der Waals surface area contributed by atoms with Crippen LogP contribution in [0, 0.1) is 11.3 Å². The smallest absolute Gasteiger partial charge is 0.317 e. The number of fused-ring (bicyclic) bond motifs is 1. The monoisotopic (exact) mass is 380 g/mol. The number of carbonyl (C=O) groups excluding carboxylic acids is 1. The van der Waals surface area contributed by atoms with Crippen molar-refractivity contribution in [3.63, 3.8) is 0 Å². The van der Waals surface area contributed by atoms with Crippen molar-refractivity contribution in [1.29, 1.82) is 0 Å². The minimum Gasteiger partial charge on any atom is -0.481 e. The highest BCUT2D eigenvalue weighted by atomic mass is 79.9. The predicted molar refractivity (Wildman–Crippen MR) is 90.2 cm³/mol. The molecule has 0 bridgehead atoms. The Kier molecular flexibility index (Phi) is 4.62. The molecule has 2 atom stereocenters. The van der Waals surface area contributed by atoms with Gasteiger partial charge in [0.2, 0.25) is 0 Å². The molecule has 1 saturated heterocycles. The predicted octanol–water partition coefficient (Wildman–Crippen LogP) is 2.89. The lowest BCUT2D eigenvalue weighted by Crippen LogP contribution is -2.42. The number of nitrogens with zero attached hydrogens (tertiary/aromatic N) is 1. The van der Waals surface area contributed by atoms with E-state index in [1.807, 2.05) is 24.3 Å². The molecule has 23 heavy (non-hydrogen) atoms. The molecular weight excluding hydrogens is 360 g/mol. The van der Waals surface area contributed by atoms with Gasteiger partial charge in [0, 0.05) is 24.1 Å². The number of rotatable bonds is 4. The molecule has 2 amide bonds. The first-order valence-corrected chi connectivity index (χ1v) is 8.81. The van der Waals surface area contributed by atoms with E-state index >= 15 is 0 Å². The summed E-state index contributed by atoms with van der Waals surface area (Å²) in [6.07, 6.45) is 3.31. The van der Waals surface area contributed by atoms with Gasteiger partial charge in [0.15, 0.2) is 0 Å². The van der Waals surface area contributed by atoms with Crippen LogP contribution in [0.5, 0.6) is 0 Å². The molecular formula is C17H21BrN2O3. The third-order valence-corrected chi connectivity index (χ3v) is 5.66. The van der Waals surface area contributed by atoms with Crippen molar-refractivity contribution >= 4 is 27.9 Å². The van der Waals surface area contributed by atoms with Gasteiger partial charge in [0.1, 0.15) is 0 Å². The summed E-state index contributed by atoms with van der Waals surface area (Å²) < 4.78 is 1.03. The van der Waals surface area contributed by atoms with Gasteiger partial charge in [0.05, 0.1) is 5.41 Å². The molecule has 6 heteroatoms. The van der Waals surface area contributed by atoms with Gasteiger partial charge < -0.3 is 15.3 Å². The number of hydrogen-bond donors (Lipinski definition) is 2. The summed E-state index contributed by atoms with van der Waals surface area (Å²) in [5.74, 6) is -0.639. The first-order valence-electron chi connectivity index (χ1n) is 8.02. The van der Waals surface area contributed by atoms with Crippen LogP contribution in [0.3, 0.4) is 0 Å². The second kappa shape index (κ2) is 6.51. The Balaban J connectivity index is 1.53. The van der Waals surface area contributed by atoms with Crippen LogP contribution in [0.4, 0.5) is 4.79 Å². The Hall–Kier alpha value is -1.56. The Labute approximate surface area is 144 Å². The minimum atomic E-state index is -0.746. The average molecular weight is 381 g/mol.